The molecule has 1 heterocycles. The summed E-state index contributed by atoms with van der Waals surface area (Å²) in [5.41, 5.74) is 2.39. The van der Waals surface area contributed by atoms with Gasteiger partial charge < -0.3 is 15.0 Å². The van der Waals surface area contributed by atoms with Crippen molar-refractivity contribution < 1.29 is 36.3 Å². The second-order valence-electron chi connectivity index (χ2n) is 9.86. The Morgan fingerprint density at radius 1 is 0.860 bits per heavy atom. The molecule has 0 aliphatic carbocycles. The minimum Gasteiger partial charge on any atom is -0.478 e. The molecule has 0 bridgehead atoms. The van der Waals surface area contributed by atoms with Crippen LogP contribution < -0.4 is 10.5 Å². The minimum absolute atomic E-state index is 0.0883. The molecule has 0 saturated heterocycles. The monoisotopic (exact) mass is 607 g/mol. The Hall–Kier alpha value is -4.94. The first-order valence-electron chi connectivity index (χ1n) is 12.8. The number of aromatic nitrogens is 1. The van der Waals surface area contributed by atoms with E-state index in [1.54, 1.807) is 47.2 Å². The van der Waals surface area contributed by atoms with Gasteiger partial charge in [-0.2, -0.15) is 13.2 Å². The fourth-order valence-electron chi connectivity index (χ4n) is 4.71. The van der Waals surface area contributed by atoms with Gasteiger partial charge >= 0.3 is 12.1 Å². The molecule has 4 N–H and O–H groups in total. The van der Waals surface area contributed by atoms with Crippen LogP contribution >= 0.6 is 0 Å². The molecule has 0 aliphatic rings. The van der Waals surface area contributed by atoms with Crippen LogP contribution in [-0.2, 0) is 29.3 Å². The normalized spacial score (nSPS) is 11.9. The summed E-state index contributed by atoms with van der Waals surface area (Å²) in [5.74, 6) is -1.54. The Kier molecular flexibility index (Phi) is 7.82. The zero-order valence-electron chi connectivity index (χ0n) is 22.3. The van der Waals surface area contributed by atoms with Crippen molar-refractivity contribution in [2.75, 3.05) is 0 Å². The van der Waals surface area contributed by atoms with Crippen molar-refractivity contribution in [3.05, 3.63) is 125 Å². The molecule has 0 unspecified atom stereocenters. The molecule has 12 heteroatoms. The molecule has 1 aromatic heterocycles. The van der Waals surface area contributed by atoms with Crippen LogP contribution in [0.5, 0.6) is 0 Å². The molecule has 0 radical (unpaired) electrons. The molecule has 43 heavy (non-hydrogen) atoms. The number of hydrogen-bond donors (Lipinski definition) is 3. The smallest absolute Gasteiger partial charge is 0.416 e. The molecule has 0 spiro atoms. The van der Waals surface area contributed by atoms with Crippen LogP contribution in [0.15, 0.2) is 102 Å². The molecule has 0 atom stereocenters. The van der Waals surface area contributed by atoms with Crippen molar-refractivity contribution >= 4 is 32.8 Å². The largest absolute Gasteiger partial charge is 0.478 e. The van der Waals surface area contributed by atoms with Gasteiger partial charge in [0, 0.05) is 24.7 Å². The number of carbonyl (C=O) groups excluding carboxylic acids is 1. The fraction of sp³-hybridized carbons (Fsp3) is 0.0968. The highest BCUT2D eigenvalue weighted by Gasteiger charge is 2.30. The Labute approximate surface area is 244 Å². The van der Waals surface area contributed by atoms with E-state index in [1.165, 1.54) is 42.5 Å². The first kappa shape index (κ1) is 29.5. The van der Waals surface area contributed by atoms with E-state index in [-0.39, 0.29) is 29.1 Å². The summed E-state index contributed by atoms with van der Waals surface area (Å²) in [4.78, 5) is 24.7. The van der Waals surface area contributed by atoms with Crippen LogP contribution in [0.25, 0.3) is 22.0 Å². The quantitative estimate of drug-likeness (QED) is 0.210. The topological polar surface area (TPSA) is 131 Å². The highest BCUT2D eigenvalue weighted by molar-refractivity contribution is 7.89. The maximum absolute atomic E-state index is 13.6. The summed E-state index contributed by atoms with van der Waals surface area (Å²) in [6.45, 7) is 0.268. The number of rotatable bonds is 8. The Morgan fingerprint density at radius 2 is 1.53 bits per heavy atom. The van der Waals surface area contributed by atoms with E-state index in [9.17, 15) is 31.2 Å². The number of carbonyl (C=O) groups is 2. The maximum Gasteiger partial charge on any atom is 0.416 e. The average molecular weight is 608 g/mol. The maximum atomic E-state index is 13.6. The molecule has 220 valence electrons. The van der Waals surface area contributed by atoms with Crippen molar-refractivity contribution in [2.45, 2.75) is 24.2 Å². The number of nitrogens with two attached hydrogens (primary N) is 1. The van der Waals surface area contributed by atoms with Crippen LogP contribution in [0, 0.1) is 0 Å². The third kappa shape index (κ3) is 6.60. The fourth-order valence-corrected chi connectivity index (χ4v) is 5.27. The van der Waals surface area contributed by atoms with Crippen LogP contribution in [0.3, 0.4) is 0 Å². The van der Waals surface area contributed by atoms with E-state index in [0.29, 0.717) is 33.2 Å². The van der Waals surface area contributed by atoms with Gasteiger partial charge in [0.25, 0.3) is 5.91 Å². The van der Waals surface area contributed by atoms with Crippen LogP contribution in [0.4, 0.5) is 13.2 Å². The van der Waals surface area contributed by atoms with Gasteiger partial charge in [-0.25, -0.2) is 18.4 Å². The third-order valence-electron chi connectivity index (χ3n) is 6.89. The SMILES string of the molecule is NS(=O)(=O)c1cccc(-c2cc(C(=O)NCc3ccc(C(=O)O)cc3)c3c(ccn3Cc3ccc(C(F)(F)F)cc3)c2)c1. The number of nitrogens with zero attached hydrogens (tertiary/aromatic N) is 1. The highest BCUT2D eigenvalue weighted by Crippen LogP contribution is 2.32. The third-order valence-corrected chi connectivity index (χ3v) is 7.80. The summed E-state index contributed by atoms with van der Waals surface area (Å²) in [5, 5.41) is 17.9. The first-order chi connectivity index (χ1) is 20.3. The lowest BCUT2D eigenvalue weighted by atomic mass is 9.99. The first-order valence-corrected chi connectivity index (χ1v) is 14.4. The van der Waals surface area contributed by atoms with Crippen molar-refractivity contribution in [3.8, 4) is 11.1 Å². The predicted octanol–water partition coefficient (Wildman–Crippen LogP) is 5.65. The molecule has 5 rings (SSSR count). The Balaban J connectivity index is 1.54. The van der Waals surface area contributed by atoms with E-state index in [4.69, 9.17) is 10.2 Å². The summed E-state index contributed by atoms with van der Waals surface area (Å²) in [6, 6.07) is 21.9. The number of hydrogen-bond acceptors (Lipinski definition) is 4. The van der Waals surface area contributed by atoms with Gasteiger partial charge in [0.15, 0.2) is 0 Å². The molecule has 0 fully saturated rings. The molecular formula is C31H24F3N3O5S. The standard InChI is InChI=1S/C31H24F3N3O5S/c32-31(33,34)25-10-6-20(7-11-25)18-37-13-12-23-14-24(22-2-1-3-26(15-22)43(35,41)42)16-27(28(23)37)29(38)36-17-19-4-8-21(9-5-19)30(39)40/h1-16H,17-18H2,(H,36,38)(H,39,40)(H2,35,41,42). The second-order valence-corrected chi connectivity index (χ2v) is 11.4. The molecule has 0 aliphatic heterocycles. The molecule has 0 saturated carbocycles. The number of amides is 1. The highest BCUT2D eigenvalue weighted by atomic mass is 32.2. The van der Waals surface area contributed by atoms with E-state index >= 15 is 0 Å². The van der Waals surface area contributed by atoms with E-state index in [1.807, 2.05) is 0 Å². The number of benzene rings is 4. The summed E-state index contributed by atoms with van der Waals surface area (Å²) in [7, 11) is -3.98. The summed E-state index contributed by atoms with van der Waals surface area (Å²) >= 11 is 0. The summed E-state index contributed by atoms with van der Waals surface area (Å²) in [6.07, 6.45) is -2.75. The van der Waals surface area contributed by atoms with Crippen LogP contribution in [-0.4, -0.2) is 30.0 Å². The molecule has 5 aromatic rings. The zero-order valence-corrected chi connectivity index (χ0v) is 23.1. The lowest BCUT2D eigenvalue weighted by molar-refractivity contribution is -0.137. The number of alkyl halides is 3. The van der Waals surface area contributed by atoms with E-state index in [0.717, 1.165) is 12.1 Å². The van der Waals surface area contributed by atoms with E-state index in [2.05, 4.69) is 5.32 Å². The number of aromatic carboxylic acids is 1. The summed E-state index contributed by atoms with van der Waals surface area (Å²) < 4.78 is 64.8. The number of halogens is 3. The molecule has 8 nitrogen and oxygen atoms in total. The number of carboxylic acid groups (broad SMARTS) is 1. The van der Waals surface area contributed by atoms with Gasteiger partial charge in [0.1, 0.15) is 0 Å². The number of nitrogens with one attached hydrogen (secondary N) is 1. The van der Waals surface area contributed by atoms with Crippen LogP contribution in [0.1, 0.15) is 37.4 Å². The Morgan fingerprint density at radius 3 is 2.16 bits per heavy atom. The van der Waals surface area contributed by atoms with Gasteiger partial charge in [-0.1, -0.05) is 36.4 Å². The van der Waals surface area contributed by atoms with Gasteiger partial charge in [-0.15, -0.1) is 0 Å². The zero-order chi connectivity index (χ0) is 30.9. The Bertz CT molecular complexity index is 1950. The molecular weight excluding hydrogens is 583 g/mol. The van der Waals surface area contributed by atoms with Crippen LogP contribution in [0.2, 0.25) is 0 Å². The lowest BCUT2D eigenvalue weighted by Crippen LogP contribution is -2.23. The number of carboxylic acids is 1. The average Bonchev–Trinajstić information content (AvgIpc) is 3.37. The lowest BCUT2D eigenvalue weighted by Gasteiger charge is -2.14. The van der Waals surface area contributed by atoms with Gasteiger partial charge in [-0.3, -0.25) is 4.79 Å². The second kappa shape index (κ2) is 11.4. The van der Waals surface area contributed by atoms with Crippen molar-refractivity contribution in [2.24, 2.45) is 5.14 Å². The van der Waals surface area contributed by atoms with Crippen molar-refractivity contribution in [1.82, 2.24) is 9.88 Å². The van der Waals surface area contributed by atoms with E-state index < -0.39 is 33.6 Å². The van der Waals surface area contributed by atoms with Gasteiger partial charge in [0.2, 0.25) is 10.0 Å². The van der Waals surface area contributed by atoms with Gasteiger partial charge in [0.05, 0.1) is 27.1 Å². The minimum atomic E-state index is -4.46. The number of primary sulfonamides is 1. The van der Waals surface area contributed by atoms with Crippen molar-refractivity contribution in [1.29, 1.82) is 0 Å². The van der Waals surface area contributed by atoms with Gasteiger partial charge in [-0.05, 0) is 76.9 Å². The number of fused-ring (bicyclic) bond motifs is 1. The van der Waals surface area contributed by atoms with Crippen molar-refractivity contribution in [3.63, 3.8) is 0 Å². The molecule has 4 aromatic carbocycles. The predicted molar refractivity (Wildman–Crippen MR) is 154 cm³/mol. The number of sulfonamides is 1. The molecule has 1 amide bonds.